The zero-order chi connectivity index (χ0) is 18.9. The van der Waals surface area contributed by atoms with Gasteiger partial charge in [-0.25, -0.2) is 4.39 Å². The number of carbonyl (C=O) groups excluding carboxylic acids is 2. The van der Waals surface area contributed by atoms with E-state index in [2.05, 4.69) is 5.32 Å². The van der Waals surface area contributed by atoms with E-state index in [1.807, 2.05) is 6.07 Å². The average molecular weight is 353 g/mol. The number of carbonyl (C=O) groups is 2. The second-order valence-electron chi connectivity index (χ2n) is 6.16. The van der Waals surface area contributed by atoms with E-state index in [0.717, 1.165) is 6.07 Å². The Hall–Kier alpha value is -3.24. The topological polar surface area (TPSA) is 116 Å². The molecular weight excluding hydrogens is 337 g/mol. The molecule has 2 aromatic rings. The Morgan fingerprint density at radius 2 is 1.81 bits per heavy atom. The molecule has 4 atom stereocenters. The van der Waals surface area contributed by atoms with Crippen LogP contribution in [0.4, 0.5) is 4.39 Å². The lowest BCUT2D eigenvalue weighted by Gasteiger charge is -2.44. The van der Waals surface area contributed by atoms with E-state index < -0.39 is 41.1 Å². The summed E-state index contributed by atoms with van der Waals surface area (Å²) in [5.41, 5.74) is 3.51. The first kappa shape index (κ1) is 17.6. The van der Waals surface area contributed by atoms with Gasteiger partial charge in [0.05, 0.1) is 6.07 Å². The van der Waals surface area contributed by atoms with Crippen molar-refractivity contribution in [3.05, 3.63) is 71.5 Å². The average Bonchev–Trinajstić information content (AvgIpc) is 2.62. The Labute approximate surface area is 149 Å². The number of nitriles is 1. The minimum absolute atomic E-state index is 0.0212. The number of nitrogens with two attached hydrogens (primary N) is 1. The number of primary amides is 1. The Morgan fingerprint density at radius 3 is 2.38 bits per heavy atom. The van der Waals surface area contributed by atoms with Crippen LogP contribution in [0.1, 0.15) is 17.0 Å². The van der Waals surface area contributed by atoms with Crippen LogP contribution in [0.25, 0.3) is 0 Å². The second kappa shape index (κ2) is 6.58. The summed E-state index contributed by atoms with van der Waals surface area (Å²) in [5, 5.41) is 23.3. The molecule has 1 aliphatic rings. The smallest absolute Gasteiger partial charge is 0.235 e. The van der Waals surface area contributed by atoms with Crippen molar-refractivity contribution in [2.24, 2.45) is 17.6 Å². The van der Waals surface area contributed by atoms with E-state index in [9.17, 15) is 24.3 Å². The third kappa shape index (κ3) is 2.70. The van der Waals surface area contributed by atoms with Gasteiger partial charge in [-0.15, -0.1) is 0 Å². The normalized spacial score (nSPS) is 28.0. The predicted octanol–water partition coefficient (Wildman–Crippen LogP) is 1.13. The first-order valence-electron chi connectivity index (χ1n) is 7.93. The van der Waals surface area contributed by atoms with Crippen molar-refractivity contribution in [2.75, 3.05) is 0 Å². The molecule has 4 N–H and O–H groups in total. The third-order valence-corrected chi connectivity index (χ3v) is 4.69. The van der Waals surface area contributed by atoms with Gasteiger partial charge in [0.1, 0.15) is 17.7 Å². The zero-order valence-electron chi connectivity index (χ0n) is 13.6. The van der Waals surface area contributed by atoms with Crippen molar-refractivity contribution in [1.82, 2.24) is 5.32 Å². The summed E-state index contributed by atoms with van der Waals surface area (Å²) in [7, 11) is 0. The van der Waals surface area contributed by atoms with Crippen molar-refractivity contribution in [3.8, 4) is 6.07 Å². The fraction of sp³-hybridized carbons (Fsp3) is 0.211. The molecule has 132 valence electrons. The van der Waals surface area contributed by atoms with Gasteiger partial charge in [0, 0.05) is 11.5 Å². The number of amides is 2. The molecule has 1 fully saturated rings. The summed E-state index contributed by atoms with van der Waals surface area (Å²) in [6.07, 6.45) is 0. The van der Waals surface area contributed by atoms with Gasteiger partial charge >= 0.3 is 0 Å². The Bertz CT molecular complexity index is 896. The Balaban J connectivity index is 2.22. The molecule has 1 heterocycles. The highest BCUT2D eigenvalue weighted by Gasteiger charge is 2.56. The van der Waals surface area contributed by atoms with Gasteiger partial charge in [0.2, 0.25) is 11.8 Å². The first-order valence-corrected chi connectivity index (χ1v) is 7.93. The first-order chi connectivity index (χ1) is 12.4. The minimum atomic E-state index is -2.09. The largest absolute Gasteiger partial charge is 0.369 e. The third-order valence-electron chi connectivity index (χ3n) is 4.69. The van der Waals surface area contributed by atoms with Crippen LogP contribution in [0.3, 0.4) is 0 Å². The van der Waals surface area contributed by atoms with Crippen LogP contribution in [0, 0.1) is 29.0 Å². The highest BCUT2D eigenvalue weighted by Crippen LogP contribution is 2.45. The fourth-order valence-electron chi connectivity index (χ4n) is 3.49. The number of benzene rings is 2. The van der Waals surface area contributed by atoms with Gasteiger partial charge in [-0.1, -0.05) is 48.5 Å². The van der Waals surface area contributed by atoms with E-state index in [1.165, 1.54) is 30.3 Å². The molecule has 1 aliphatic heterocycles. The molecule has 2 amide bonds. The van der Waals surface area contributed by atoms with Gasteiger partial charge < -0.3 is 16.2 Å². The number of hydrogen-bond donors (Lipinski definition) is 3. The number of nitrogens with one attached hydrogen (secondary N) is 1. The second-order valence-corrected chi connectivity index (χ2v) is 6.16. The van der Waals surface area contributed by atoms with Crippen molar-refractivity contribution in [1.29, 1.82) is 5.26 Å². The number of piperidine rings is 1. The van der Waals surface area contributed by atoms with Crippen LogP contribution < -0.4 is 11.1 Å². The SMILES string of the molecule is N#C[C@H]1[C@@H](c2ccccc2F)[C@@H](C(N)=O)C(=O)N[C@@]1(O)c1ccccc1. The quantitative estimate of drug-likeness (QED) is 0.717. The maximum absolute atomic E-state index is 14.4. The molecule has 6 nitrogen and oxygen atoms in total. The Morgan fingerprint density at radius 1 is 1.19 bits per heavy atom. The summed E-state index contributed by atoms with van der Waals surface area (Å²) in [5.74, 6) is -6.60. The summed E-state index contributed by atoms with van der Waals surface area (Å²) in [6.45, 7) is 0. The molecule has 0 saturated carbocycles. The number of hydrogen-bond acceptors (Lipinski definition) is 4. The van der Waals surface area contributed by atoms with Crippen molar-refractivity contribution in [2.45, 2.75) is 11.6 Å². The molecule has 0 aromatic heterocycles. The molecule has 1 saturated heterocycles. The molecule has 0 radical (unpaired) electrons. The molecular formula is C19H16FN3O3. The minimum Gasteiger partial charge on any atom is -0.369 e. The van der Waals surface area contributed by atoms with Crippen LogP contribution in [-0.2, 0) is 15.3 Å². The van der Waals surface area contributed by atoms with Crippen LogP contribution in [-0.4, -0.2) is 16.9 Å². The van der Waals surface area contributed by atoms with Crippen LogP contribution in [0.15, 0.2) is 54.6 Å². The van der Waals surface area contributed by atoms with E-state index in [1.54, 1.807) is 18.2 Å². The van der Waals surface area contributed by atoms with Crippen LogP contribution in [0.5, 0.6) is 0 Å². The van der Waals surface area contributed by atoms with Crippen molar-refractivity contribution < 1.29 is 19.1 Å². The Kier molecular flexibility index (Phi) is 4.45. The van der Waals surface area contributed by atoms with Crippen LogP contribution in [0.2, 0.25) is 0 Å². The molecule has 0 aliphatic carbocycles. The van der Waals surface area contributed by atoms with Crippen molar-refractivity contribution in [3.63, 3.8) is 0 Å². The highest BCUT2D eigenvalue weighted by atomic mass is 19.1. The number of halogens is 1. The number of rotatable bonds is 3. The molecule has 0 unspecified atom stereocenters. The van der Waals surface area contributed by atoms with Gasteiger partial charge in [-0.3, -0.25) is 9.59 Å². The molecule has 0 bridgehead atoms. The van der Waals surface area contributed by atoms with Crippen LogP contribution >= 0.6 is 0 Å². The van der Waals surface area contributed by atoms with Crippen molar-refractivity contribution >= 4 is 11.8 Å². The van der Waals surface area contributed by atoms with Gasteiger partial charge in [-0.2, -0.15) is 5.26 Å². The van der Waals surface area contributed by atoms with Gasteiger partial charge in [-0.05, 0) is 11.6 Å². The van der Waals surface area contributed by atoms with Gasteiger partial charge in [0.15, 0.2) is 5.72 Å². The van der Waals surface area contributed by atoms with Gasteiger partial charge in [0.25, 0.3) is 0 Å². The lowest BCUT2D eigenvalue weighted by molar-refractivity contribution is -0.153. The summed E-state index contributed by atoms with van der Waals surface area (Å²) in [6, 6.07) is 15.5. The maximum atomic E-state index is 14.4. The molecule has 0 spiro atoms. The molecule has 2 aromatic carbocycles. The number of aliphatic hydroxyl groups is 1. The zero-order valence-corrected chi connectivity index (χ0v) is 13.6. The van der Waals surface area contributed by atoms with E-state index in [0.29, 0.717) is 0 Å². The molecule has 3 rings (SSSR count). The number of nitrogens with zero attached hydrogens (tertiary/aromatic N) is 1. The van der Waals surface area contributed by atoms with E-state index >= 15 is 0 Å². The summed E-state index contributed by atoms with van der Waals surface area (Å²) < 4.78 is 14.4. The lowest BCUT2D eigenvalue weighted by atomic mass is 9.67. The molecule has 26 heavy (non-hydrogen) atoms. The standard InChI is InChI=1S/C19H16FN3O3/c20-14-9-5-4-8-12(14)15-13(10-21)19(26,11-6-2-1-3-7-11)23-18(25)16(15)17(22)24/h1-9,13,15-16,26H,(H2,22,24)(H,23,25)/t13-,15+,16-,19+/m0/s1. The maximum Gasteiger partial charge on any atom is 0.235 e. The molecule has 7 heteroatoms. The lowest BCUT2D eigenvalue weighted by Crippen LogP contribution is -2.62. The van der Waals surface area contributed by atoms with E-state index in [4.69, 9.17) is 5.73 Å². The fourth-order valence-corrected chi connectivity index (χ4v) is 3.49. The highest BCUT2D eigenvalue weighted by molar-refractivity contribution is 6.01. The predicted molar refractivity (Wildman–Crippen MR) is 89.4 cm³/mol. The summed E-state index contributed by atoms with van der Waals surface area (Å²) in [4.78, 5) is 24.5. The monoisotopic (exact) mass is 353 g/mol. The summed E-state index contributed by atoms with van der Waals surface area (Å²) >= 11 is 0. The van der Waals surface area contributed by atoms with E-state index in [-0.39, 0.29) is 11.1 Å².